The van der Waals surface area contributed by atoms with Crippen LogP contribution in [0.25, 0.3) is 0 Å². The Morgan fingerprint density at radius 1 is 1.23 bits per heavy atom. The number of nitrogens with zero attached hydrogens (tertiary/aromatic N) is 3. The molecule has 0 fully saturated rings. The summed E-state index contributed by atoms with van der Waals surface area (Å²) in [6.45, 7) is 5.06. The van der Waals surface area contributed by atoms with Crippen molar-refractivity contribution in [3.05, 3.63) is 29.8 Å². The van der Waals surface area contributed by atoms with Crippen LogP contribution < -0.4 is 15.4 Å². The molecule has 0 bridgehead atoms. The van der Waals surface area contributed by atoms with Crippen molar-refractivity contribution in [2.75, 3.05) is 38.1 Å². The smallest absolute Gasteiger partial charge is 0.246 e. The van der Waals surface area contributed by atoms with Crippen LogP contribution in [0.2, 0.25) is 0 Å². The Kier molecular flexibility index (Phi) is 7.77. The lowest BCUT2D eigenvalue weighted by molar-refractivity contribution is 0.0511. The summed E-state index contributed by atoms with van der Waals surface area (Å²) in [5, 5.41) is 6.63. The third kappa shape index (κ3) is 5.61. The summed E-state index contributed by atoms with van der Waals surface area (Å²) in [5.41, 5.74) is 6.71. The molecule has 7 nitrogen and oxygen atoms in total. The molecule has 0 radical (unpaired) electrons. The second kappa shape index (κ2) is 9.62. The van der Waals surface area contributed by atoms with Gasteiger partial charge < -0.3 is 20.1 Å². The van der Waals surface area contributed by atoms with E-state index in [1.807, 2.05) is 50.1 Å². The van der Waals surface area contributed by atoms with E-state index in [4.69, 9.17) is 15.2 Å². The number of benzene rings is 1. The van der Waals surface area contributed by atoms with Gasteiger partial charge in [-0.1, -0.05) is 26.0 Å². The number of H-pyrrole nitrogens is 1. The number of nitrogens with one attached hydrogen (secondary N) is 1. The number of likely N-dealkylation sites (N-methyl/N-ethyl adjacent to an activating group) is 1. The third-order valence-corrected chi connectivity index (χ3v) is 2.84. The van der Waals surface area contributed by atoms with Gasteiger partial charge >= 0.3 is 0 Å². The van der Waals surface area contributed by atoms with Crippen LogP contribution in [0.1, 0.15) is 19.4 Å². The van der Waals surface area contributed by atoms with Gasteiger partial charge in [0.1, 0.15) is 5.75 Å². The number of rotatable bonds is 7. The van der Waals surface area contributed by atoms with E-state index >= 15 is 0 Å². The van der Waals surface area contributed by atoms with E-state index in [0.29, 0.717) is 11.9 Å². The third-order valence-electron chi connectivity index (χ3n) is 2.84. The van der Waals surface area contributed by atoms with Crippen molar-refractivity contribution < 1.29 is 9.47 Å². The summed E-state index contributed by atoms with van der Waals surface area (Å²) >= 11 is 0. The van der Waals surface area contributed by atoms with Crippen molar-refractivity contribution >= 4 is 11.9 Å². The van der Waals surface area contributed by atoms with Crippen LogP contribution in [0.5, 0.6) is 5.75 Å². The minimum atomic E-state index is 0.258. The molecule has 0 spiro atoms. The Balaban J connectivity index is 0.00000116. The van der Waals surface area contributed by atoms with Crippen molar-refractivity contribution in [1.29, 1.82) is 0 Å². The molecule has 122 valence electrons. The summed E-state index contributed by atoms with van der Waals surface area (Å²) in [7, 11) is 3.53. The number of aromatic amines is 1. The molecule has 3 N–H and O–H groups in total. The van der Waals surface area contributed by atoms with E-state index in [1.54, 1.807) is 7.11 Å². The SMILES string of the molecule is CC.COCOc1ccc(CCN(C)c2n[nH]c(N)n2)cc1. The van der Waals surface area contributed by atoms with Crippen molar-refractivity contribution in [1.82, 2.24) is 15.2 Å². The van der Waals surface area contributed by atoms with Crippen LogP contribution in [0, 0.1) is 0 Å². The number of hydrogen-bond donors (Lipinski definition) is 2. The maximum Gasteiger partial charge on any atom is 0.246 e. The molecule has 0 saturated heterocycles. The lowest BCUT2D eigenvalue weighted by Crippen LogP contribution is -2.21. The van der Waals surface area contributed by atoms with Crippen molar-refractivity contribution in [2.45, 2.75) is 20.3 Å². The molecule has 0 unspecified atom stereocenters. The molecule has 0 aliphatic heterocycles. The molecule has 2 rings (SSSR count). The zero-order valence-electron chi connectivity index (χ0n) is 13.7. The van der Waals surface area contributed by atoms with Gasteiger partial charge in [-0.2, -0.15) is 4.98 Å². The fraction of sp³-hybridized carbons (Fsp3) is 0.467. The highest BCUT2D eigenvalue weighted by Crippen LogP contribution is 2.13. The lowest BCUT2D eigenvalue weighted by atomic mass is 10.1. The lowest BCUT2D eigenvalue weighted by Gasteiger charge is -2.14. The summed E-state index contributed by atoms with van der Waals surface area (Å²) in [6.07, 6.45) is 0.884. The van der Waals surface area contributed by atoms with Gasteiger partial charge in [-0.3, -0.25) is 0 Å². The van der Waals surface area contributed by atoms with Crippen molar-refractivity contribution in [3.8, 4) is 5.75 Å². The van der Waals surface area contributed by atoms with Gasteiger partial charge in [0.15, 0.2) is 6.79 Å². The first kappa shape index (κ1) is 17.8. The highest BCUT2D eigenvalue weighted by molar-refractivity contribution is 5.33. The van der Waals surface area contributed by atoms with Crippen LogP contribution in [0.4, 0.5) is 11.9 Å². The first-order chi connectivity index (χ1) is 10.7. The van der Waals surface area contributed by atoms with Crippen LogP contribution in [0.3, 0.4) is 0 Å². The quantitative estimate of drug-likeness (QED) is 0.761. The van der Waals surface area contributed by atoms with Gasteiger partial charge in [0.05, 0.1) is 0 Å². The minimum Gasteiger partial charge on any atom is -0.468 e. The van der Waals surface area contributed by atoms with Crippen LogP contribution in [-0.2, 0) is 11.2 Å². The Morgan fingerprint density at radius 2 is 1.91 bits per heavy atom. The largest absolute Gasteiger partial charge is 0.468 e. The van der Waals surface area contributed by atoms with Crippen LogP contribution >= 0.6 is 0 Å². The molecule has 0 amide bonds. The average Bonchev–Trinajstić information content (AvgIpc) is 3.00. The van der Waals surface area contributed by atoms with Crippen LogP contribution in [0.15, 0.2) is 24.3 Å². The molecular formula is C15H25N5O2. The number of nitrogen functional groups attached to an aromatic ring is 1. The van der Waals surface area contributed by atoms with E-state index in [1.165, 1.54) is 5.56 Å². The van der Waals surface area contributed by atoms with E-state index in [0.717, 1.165) is 18.7 Å². The first-order valence-electron chi connectivity index (χ1n) is 7.28. The first-order valence-corrected chi connectivity index (χ1v) is 7.28. The van der Waals surface area contributed by atoms with E-state index in [2.05, 4.69) is 15.2 Å². The van der Waals surface area contributed by atoms with Gasteiger partial charge in [0.25, 0.3) is 0 Å². The molecular weight excluding hydrogens is 282 g/mol. The molecule has 0 saturated carbocycles. The molecule has 0 aliphatic rings. The Hall–Kier alpha value is -2.28. The van der Waals surface area contributed by atoms with Crippen molar-refractivity contribution in [2.24, 2.45) is 0 Å². The van der Waals surface area contributed by atoms with Gasteiger partial charge in [0.2, 0.25) is 11.9 Å². The summed E-state index contributed by atoms with van der Waals surface area (Å²) in [6, 6.07) is 7.93. The van der Waals surface area contributed by atoms with E-state index < -0.39 is 0 Å². The molecule has 2 aromatic rings. The topological polar surface area (TPSA) is 89.3 Å². The number of aromatic nitrogens is 3. The van der Waals surface area contributed by atoms with E-state index in [-0.39, 0.29) is 6.79 Å². The Labute approximate surface area is 131 Å². The molecule has 1 aromatic heterocycles. The normalized spacial score (nSPS) is 9.82. The van der Waals surface area contributed by atoms with Gasteiger partial charge in [0, 0.05) is 20.7 Å². The number of anilines is 2. The Morgan fingerprint density at radius 3 is 2.45 bits per heavy atom. The predicted molar refractivity (Wildman–Crippen MR) is 88.1 cm³/mol. The monoisotopic (exact) mass is 307 g/mol. The highest BCUT2D eigenvalue weighted by Gasteiger charge is 2.06. The van der Waals surface area contributed by atoms with Gasteiger partial charge in [-0.15, -0.1) is 5.10 Å². The number of nitrogens with two attached hydrogens (primary N) is 1. The number of methoxy groups -OCH3 is 1. The number of ether oxygens (including phenoxy) is 2. The molecule has 0 atom stereocenters. The highest BCUT2D eigenvalue weighted by atomic mass is 16.7. The summed E-state index contributed by atoms with van der Waals surface area (Å²) in [4.78, 5) is 6.02. The van der Waals surface area contributed by atoms with Gasteiger partial charge in [-0.05, 0) is 24.1 Å². The van der Waals surface area contributed by atoms with Crippen molar-refractivity contribution in [3.63, 3.8) is 0 Å². The molecule has 22 heavy (non-hydrogen) atoms. The standard InChI is InChI=1S/C13H19N5O2.C2H6/c1-18(13-15-12(14)16-17-13)8-7-10-3-5-11(6-4-10)20-9-19-2;1-2/h3-6H,7-9H2,1-2H3,(H3,14,15,16,17);1-2H3. The number of hydrogen-bond acceptors (Lipinski definition) is 6. The Bertz CT molecular complexity index is 527. The van der Waals surface area contributed by atoms with E-state index in [9.17, 15) is 0 Å². The van der Waals surface area contributed by atoms with Gasteiger partial charge in [-0.25, -0.2) is 5.10 Å². The summed E-state index contributed by atoms with van der Waals surface area (Å²) in [5.74, 6) is 1.72. The fourth-order valence-electron chi connectivity index (χ4n) is 1.71. The molecule has 7 heteroatoms. The molecule has 1 aromatic carbocycles. The zero-order valence-corrected chi connectivity index (χ0v) is 13.7. The molecule has 1 heterocycles. The van der Waals surface area contributed by atoms with Crippen LogP contribution in [-0.4, -0.2) is 42.7 Å². The maximum atomic E-state index is 5.50. The average molecular weight is 307 g/mol. The maximum absolute atomic E-state index is 5.50. The minimum absolute atomic E-state index is 0.258. The predicted octanol–water partition coefficient (Wildman–Crippen LogP) is 2.07. The zero-order chi connectivity index (χ0) is 16.4. The fourth-order valence-corrected chi connectivity index (χ4v) is 1.71. The second-order valence-corrected chi connectivity index (χ2v) is 4.39. The summed E-state index contributed by atoms with van der Waals surface area (Å²) < 4.78 is 10.2. The molecule has 0 aliphatic carbocycles. The second-order valence-electron chi connectivity index (χ2n) is 4.39.